The quantitative estimate of drug-likeness (QED) is 0.391. The molecular weight excluding hydrogens is 357 g/mol. The van der Waals surface area contributed by atoms with Crippen molar-refractivity contribution in [2.45, 2.75) is 13.0 Å². The Labute approximate surface area is 160 Å². The van der Waals surface area contributed by atoms with Gasteiger partial charge in [-0.2, -0.15) is 0 Å². The van der Waals surface area contributed by atoms with E-state index in [-0.39, 0.29) is 11.4 Å². The molecule has 0 bridgehead atoms. The third-order valence-corrected chi connectivity index (χ3v) is 5.29. The summed E-state index contributed by atoms with van der Waals surface area (Å²) < 4.78 is 25.5. The van der Waals surface area contributed by atoms with Crippen LogP contribution in [-0.4, -0.2) is 18.2 Å². The summed E-state index contributed by atoms with van der Waals surface area (Å²) in [5.74, 6) is 0.539. The van der Waals surface area contributed by atoms with Crippen molar-refractivity contribution in [1.82, 2.24) is 4.90 Å². The van der Waals surface area contributed by atoms with Gasteiger partial charge in [-0.3, -0.25) is 4.90 Å². The zero-order chi connectivity index (χ0) is 19.1. The predicted molar refractivity (Wildman–Crippen MR) is 106 cm³/mol. The summed E-state index contributed by atoms with van der Waals surface area (Å²) >= 11 is 0. The van der Waals surface area contributed by atoms with Crippen molar-refractivity contribution < 1.29 is 13.5 Å². The summed E-state index contributed by atoms with van der Waals surface area (Å²) in [5, 5.41) is 2.34. The molecule has 140 valence electrons. The Hall–Kier alpha value is -3.18. The molecule has 4 nitrogen and oxygen atoms in total. The number of rotatable bonds is 3. The molecule has 0 aliphatic carbocycles. The van der Waals surface area contributed by atoms with Crippen LogP contribution in [0.15, 0.2) is 69.9 Å². The number of nitrogens with zero attached hydrogens (tertiary/aromatic N) is 1. The van der Waals surface area contributed by atoms with Crippen LogP contribution in [0.2, 0.25) is 0 Å². The molecule has 3 aromatic carbocycles. The summed E-state index contributed by atoms with van der Waals surface area (Å²) in [6.07, 6.45) is 0.586. The van der Waals surface area contributed by atoms with Crippen molar-refractivity contribution in [2.24, 2.45) is 0 Å². The highest BCUT2D eigenvalue weighted by molar-refractivity contribution is 6.05. The summed E-state index contributed by atoms with van der Waals surface area (Å²) in [7, 11) is 0. The van der Waals surface area contributed by atoms with E-state index >= 15 is 0 Å². The second kappa shape index (κ2) is 6.77. The number of fused-ring (bicyclic) bond motifs is 5. The zero-order valence-corrected chi connectivity index (χ0v) is 15.2. The molecule has 1 aliphatic rings. The number of benzene rings is 3. The third kappa shape index (κ3) is 2.84. The molecule has 0 radical (unpaired) electrons. The molecule has 0 N–H and O–H groups in total. The molecule has 28 heavy (non-hydrogen) atoms. The SMILES string of the molecule is O=c1oc2c3c(ccc2c2ccccc12)OCN(CCc1ccccc1F)C3. The van der Waals surface area contributed by atoms with Crippen LogP contribution in [0, 0.1) is 5.82 Å². The normalized spacial score (nSPS) is 14.2. The average molecular weight is 375 g/mol. The first-order chi connectivity index (χ1) is 13.7. The number of hydrogen-bond acceptors (Lipinski definition) is 4. The van der Waals surface area contributed by atoms with Gasteiger partial charge in [-0.15, -0.1) is 0 Å². The van der Waals surface area contributed by atoms with Gasteiger partial charge in [0.1, 0.15) is 23.9 Å². The van der Waals surface area contributed by atoms with E-state index in [4.69, 9.17) is 9.15 Å². The maximum atomic E-state index is 13.9. The van der Waals surface area contributed by atoms with Gasteiger partial charge in [-0.25, -0.2) is 9.18 Å². The van der Waals surface area contributed by atoms with Crippen molar-refractivity contribution in [3.63, 3.8) is 0 Å². The fourth-order valence-electron chi connectivity index (χ4n) is 3.82. The maximum absolute atomic E-state index is 13.9. The third-order valence-electron chi connectivity index (χ3n) is 5.29. The molecule has 0 unspecified atom stereocenters. The van der Waals surface area contributed by atoms with Crippen LogP contribution < -0.4 is 10.4 Å². The molecule has 0 amide bonds. The van der Waals surface area contributed by atoms with Gasteiger partial charge in [-0.1, -0.05) is 36.4 Å². The molecule has 4 aromatic rings. The molecule has 0 spiro atoms. The van der Waals surface area contributed by atoms with Crippen LogP contribution in [0.3, 0.4) is 0 Å². The number of halogens is 1. The Morgan fingerprint density at radius 2 is 1.71 bits per heavy atom. The van der Waals surface area contributed by atoms with Crippen molar-refractivity contribution in [3.8, 4) is 5.75 Å². The molecule has 1 aromatic heterocycles. The van der Waals surface area contributed by atoms with Crippen LogP contribution in [0.4, 0.5) is 4.39 Å². The van der Waals surface area contributed by atoms with Gasteiger partial charge < -0.3 is 9.15 Å². The summed E-state index contributed by atoms with van der Waals surface area (Å²) in [5.41, 5.74) is 1.76. The fourth-order valence-corrected chi connectivity index (χ4v) is 3.82. The summed E-state index contributed by atoms with van der Waals surface area (Å²) in [4.78, 5) is 14.5. The molecule has 0 saturated carbocycles. The zero-order valence-electron chi connectivity index (χ0n) is 15.2. The molecule has 2 heterocycles. The Morgan fingerprint density at radius 3 is 2.57 bits per heavy atom. The monoisotopic (exact) mass is 375 g/mol. The predicted octanol–water partition coefficient (Wildman–Crippen LogP) is 4.48. The standard InChI is InChI=1S/C23H18FNO3/c24-20-8-4-1-5-15(20)11-12-25-13-19-21(27-14-25)10-9-17-16-6-2-3-7-18(16)23(26)28-22(17)19/h1-10H,11-14H2. The first-order valence-corrected chi connectivity index (χ1v) is 9.27. The minimum atomic E-state index is -0.347. The Kier molecular flexibility index (Phi) is 4.10. The number of ether oxygens (including phenoxy) is 1. The minimum absolute atomic E-state index is 0.191. The second-order valence-corrected chi connectivity index (χ2v) is 7.02. The number of hydrogen-bond donors (Lipinski definition) is 0. The fraction of sp³-hybridized carbons (Fsp3) is 0.174. The maximum Gasteiger partial charge on any atom is 0.344 e. The van der Waals surface area contributed by atoms with E-state index < -0.39 is 0 Å². The first kappa shape index (κ1) is 17.0. The van der Waals surface area contributed by atoms with Crippen molar-refractivity contribution >= 4 is 21.7 Å². The van der Waals surface area contributed by atoms with Gasteiger partial charge in [-0.05, 0) is 41.6 Å². The minimum Gasteiger partial charge on any atom is -0.478 e. The van der Waals surface area contributed by atoms with E-state index in [0.717, 1.165) is 22.1 Å². The topological polar surface area (TPSA) is 42.7 Å². The summed E-state index contributed by atoms with van der Waals surface area (Å²) in [6.45, 7) is 1.65. The Morgan fingerprint density at radius 1 is 0.929 bits per heavy atom. The lowest BCUT2D eigenvalue weighted by Gasteiger charge is -2.29. The van der Waals surface area contributed by atoms with Crippen LogP contribution >= 0.6 is 0 Å². The van der Waals surface area contributed by atoms with Crippen LogP contribution in [0.25, 0.3) is 21.7 Å². The van der Waals surface area contributed by atoms with Crippen molar-refractivity contribution in [3.05, 3.63) is 88.0 Å². The van der Waals surface area contributed by atoms with E-state index in [0.29, 0.717) is 42.8 Å². The van der Waals surface area contributed by atoms with Crippen LogP contribution in [0.5, 0.6) is 5.75 Å². The largest absolute Gasteiger partial charge is 0.478 e. The Balaban J connectivity index is 1.50. The molecule has 5 rings (SSSR count). The van der Waals surface area contributed by atoms with E-state index in [9.17, 15) is 9.18 Å². The van der Waals surface area contributed by atoms with Gasteiger partial charge in [0.15, 0.2) is 0 Å². The molecule has 0 saturated heterocycles. The van der Waals surface area contributed by atoms with Gasteiger partial charge in [0.2, 0.25) is 0 Å². The van der Waals surface area contributed by atoms with Gasteiger partial charge >= 0.3 is 5.63 Å². The lowest BCUT2D eigenvalue weighted by atomic mass is 10.0. The molecule has 0 atom stereocenters. The summed E-state index contributed by atoms with van der Waals surface area (Å²) in [6, 6.07) is 18.1. The highest BCUT2D eigenvalue weighted by atomic mass is 19.1. The van der Waals surface area contributed by atoms with Crippen LogP contribution in [0.1, 0.15) is 11.1 Å². The van der Waals surface area contributed by atoms with Gasteiger partial charge in [0.05, 0.1) is 10.9 Å². The Bertz CT molecular complexity index is 1250. The lowest BCUT2D eigenvalue weighted by molar-refractivity contribution is 0.0966. The highest BCUT2D eigenvalue weighted by Gasteiger charge is 2.22. The van der Waals surface area contributed by atoms with E-state index in [1.165, 1.54) is 6.07 Å². The van der Waals surface area contributed by atoms with E-state index in [1.54, 1.807) is 18.2 Å². The van der Waals surface area contributed by atoms with E-state index in [1.807, 2.05) is 36.4 Å². The average Bonchev–Trinajstić information content (AvgIpc) is 2.73. The van der Waals surface area contributed by atoms with E-state index in [2.05, 4.69) is 4.90 Å². The second-order valence-electron chi connectivity index (χ2n) is 7.02. The molecule has 5 heteroatoms. The lowest BCUT2D eigenvalue weighted by Crippen LogP contribution is -2.33. The van der Waals surface area contributed by atoms with Crippen molar-refractivity contribution in [1.29, 1.82) is 0 Å². The first-order valence-electron chi connectivity index (χ1n) is 9.27. The van der Waals surface area contributed by atoms with Gasteiger partial charge in [0, 0.05) is 18.5 Å². The highest BCUT2D eigenvalue weighted by Crippen LogP contribution is 2.34. The van der Waals surface area contributed by atoms with Crippen molar-refractivity contribution in [2.75, 3.05) is 13.3 Å². The molecule has 1 aliphatic heterocycles. The smallest absolute Gasteiger partial charge is 0.344 e. The van der Waals surface area contributed by atoms with Gasteiger partial charge in [0.25, 0.3) is 0 Å². The molecular formula is C23H18FNO3. The van der Waals surface area contributed by atoms with Crippen LogP contribution in [-0.2, 0) is 13.0 Å². The molecule has 0 fully saturated rings.